The standard InChI is InChI=1S/C16H11F3IN3O3S/c17-16(18,19)25-12-4-2-1-3-10(12)15(24)21-8-9-7-11(23-22-9)14-13(26-20)5-6-27-14/h1-7H,8H2,(H,21,24)(H,22,23). The smallest absolute Gasteiger partial charge is 0.426 e. The quantitative estimate of drug-likeness (QED) is 0.473. The normalized spacial score (nSPS) is 11.3. The molecule has 0 fully saturated rings. The molecule has 0 atom stereocenters. The van der Waals surface area contributed by atoms with Crippen LogP contribution in [0, 0.1) is 0 Å². The second kappa shape index (κ2) is 8.17. The number of nitrogens with one attached hydrogen (secondary N) is 2. The Morgan fingerprint density at radius 3 is 2.78 bits per heavy atom. The predicted octanol–water partition coefficient (Wildman–Crippen LogP) is 4.70. The summed E-state index contributed by atoms with van der Waals surface area (Å²) in [5, 5.41) is 11.3. The van der Waals surface area contributed by atoms with Crippen molar-refractivity contribution in [2.75, 3.05) is 0 Å². The number of hydrogen-bond acceptors (Lipinski definition) is 5. The summed E-state index contributed by atoms with van der Waals surface area (Å²) in [6.45, 7) is 0.0536. The molecular weight excluding hydrogens is 498 g/mol. The molecule has 27 heavy (non-hydrogen) atoms. The average Bonchev–Trinajstić information content (AvgIpc) is 3.27. The van der Waals surface area contributed by atoms with Crippen molar-refractivity contribution in [3.63, 3.8) is 0 Å². The van der Waals surface area contributed by atoms with Crippen molar-refractivity contribution < 1.29 is 25.8 Å². The number of rotatable bonds is 6. The molecule has 0 aliphatic heterocycles. The van der Waals surface area contributed by atoms with Crippen LogP contribution < -0.4 is 13.1 Å². The minimum Gasteiger partial charge on any atom is -0.426 e. The van der Waals surface area contributed by atoms with Crippen molar-refractivity contribution >= 4 is 40.2 Å². The fraction of sp³-hybridized carbons (Fsp3) is 0.125. The van der Waals surface area contributed by atoms with Gasteiger partial charge in [-0.3, -0.25) is 9.89 Å². The highest BCUT2D eigenvalue weighted by atomic mass is 127. The van der Waals surface area contributed by atoms with Crippen molar-refractivity contribution in [3.8, 4) is 22.1 Å². The van der Waals surface area contributed by atoms with Crippen LogP contribution in [0.4, 0.5) is 13.2 Å². The van der Waals surface area contributed by atoms with Gasteiger partial charge in [-0.1, -0.05) is 12.1 Å². The van der Waals surface area contributed by atoms with Crippen molar-refractivity contribution in [1.29, 1.82) is 0 Å². The minimum atomic E-state index is -4.88. The Balaban J connectivity index is 1.69. The number of amides is 1. The average molecular weight is 509 g/mol. The van der Waals surface area contributed by atoms with Gasteiger partial charge in [0, 0.05) is 0 Å². The topological polar surface area (TPSA) is 76.2 Å². The summed E-state index contributed by atoms with van der Waals surface area (Å²) in [6, 6.07) is 8.68. The number of alkyl halides is 3. The predicted molar refractivity (Wildman–Crippen MR) is 101 cm³/mol. The molecule has 1 aromatic carbocycles. The molecule has 0 saturated heterocycles. The lowest BCUT2D eigenvalue weighted by Crippen LogP contribution is -2.25. The second-order valence-corrected chi connectivity index (χ2v) is 6.55. The van der Waals surface area contributed by atoms with Crippen LogP contribution in [0.1, 0.15) is 16.1 Å². The Kier molecular flexibility index (Phi) is 5.89. The minimum absolute atomic E-state index is 0.0536. The lowest BCUT2D eigenvalue weighted by molar-refractivity contribution is -0.274. The molecule has 6 nitrogen and oxygen atoms in total. The van der Waals surface area contributed by atoms with E-state index in [0.717, 1.165) is 10.9 Å². The van der Waals surface area contributed by atoms with E-state index < -0.39 is 18.0 Å². The van der Waals surface area contributed by atoms with Gasteiger partial charge in [0.2, 0.25) is 0 Å². The van der Waals surface area contributed by atoms with Gasteiger partial charge in [-0.25, -0.2) is 0 Å². The molecule has 2 N–H and O–H groups in total. The highest BCUT2D eigenvalue weighted by Crippen LogP contribution is 2.35. The molecule has 2 aromatic heterocycles. The highest BCUT2D eigenvalue weighted by molar-refractivity contribution is 14.1. The second-order valence-electron chi connectivity index (χ2n) is 5.20. The molecule has 0 bridgehead atoms. The molecule has 142 valence electrons. The molecule has 3 rings (SSSR count). The first-order valence-corrected chi connectivity index (χ1v) is 9.17. The van der Waals surface area contributed by atoms with E-state index in [1.54, 1.807) is 35.1 Å². The zero-order valence-electron chi connectivity index (χ0n) is 13.3. The molecule has 0 radical (unpaired) electrons. The van der Waals surface area contributed by atoms with Crippen molar-refractivity contribution in [2.24, 2.45) is 0 Å². The lowest BCUT2D eigenvalue weighted by atomic mass is 10.2. The van der Waals surface area contributed by atoms with Gasteiger partial charge < -0.3 is 13.1 Å². The van der Waals surface area contributed by atoms with E-state index in [1.165, 1.54) is 29.5 Å². The molecule has 0 unspecified atom stereocenters. The number of thiophene rings is 1. The maximum atomic E-state index is 12.5. The van der Waals surface area contributed by atoms with Crippen LogP contribution in [0.5, 0.6) is 11.5 Å². The van der Waals surface area contributed by atoms with E-state index in [9.17, 15) is 18.0 Å². The van der Waals surface area contributed by atoms with E-state index in [2.05, 4.69) is 20.3 Å². The third-order valence-corrected chi connectivity index (χ3v) is 4.77. The van der Waals surface area contributed by atoms with E-state index in [0.29, 0.717) is 17.1 Å². The van der Waals surface area contributed by atoms with Crippen LogP contribution in [-0.2, 0) is 6.54 Å². The number of halogens is 4. The van der Waals surface area contributed by atoms with Gasteiger partial charge in [0.1, 0.15) is 11.4 Å². The highest BCUT2D eigenvalue weighted by Gasteiger charge is 2.32. The van der Waals surface area contributed by atoms with Gasteiger partial charge in [0.25, 0.3) is 5.91 Å². The number of carbonyl (C=O) groups excluding carboxylic acids is 1. The number of aromatic amines is 1. The Labute approximate surface area is 169 Å². The Morgan fingerprint density at radius 2 is 2.04 bits per heavy atom. The number of H-pyrrole nitrogens is 1. The zero-order valence-corrected chi connectivity index (χ0v) is 16.3. The molecular formula is C16H11F3IN3O3S. The summed E-state index contributed by atoms with van der Waals surface area (Å²) < 4.78 is 46.5. The SMILES string of the molecule is O=C(NCc1cc(-c2sccc2OI)n[nH]1)c1ccccc1OC(F)(F)F. The van der Waals surface area contributed by atoms with Gasteiger partial charge in [-0.2, -0.15) is 5.10 Å². The molecule has 0 aliphatic rings. The van der Waals surface area contributed by atoms with Crippen LogP contribution in [0.15, 0.2) is 41.8 Å². The first-order valence-electron chi connectivity index (χ1n) is 7.41. The zero-order chi connectivity index (χ0) is 19.4. The summed E-state index contributed by atoms with van der Waals surface area (Å²) >= 11 is 3.22. The third kappa shape index (κ3) is 4.91. The first kappa shape index (κ1) is 19.5. The van der Waals surface area contributed by atoms with E-state index in [-0.39, 0.29) is 12.1 Å². The third-order valence-electron chi connectivity index (χ3n) is 3.37. The summed E-state index contributed by atoms with van der Waals surface area (Å²) in [5.41, 5.74) is 1.01. The van der Waals surface area contributed by atoms with Crippen molar-refractivity contribution in [3.05, 3.63) is 53.0 Å². The van der Waals surface area contributed by atoms with Crippen LogP contribution in [0.25, 0.3) is 10.6 Å². The lowest BCUT2D eigenvalue weighted by Gasteiger charge is -2.12. The van der Waals surface area contributed by atoms with Crippen LogP contribution >= 0.6 is 34.3 Å². The maximum Gasteiger partial charge on any atom is 0.573 e. The molecule has 0 saturated carbocycles. The number of aromatic nitrogens is 2. The molecule has 2 heterocycles. The van der Waals surface area contributed by atoms with E-state index in [4.69, 9.17) is 3.07 Å². The molecule has 1 amide bonds. The van der Waals surface area contributed by atoms with Gasteiger partial charge in [-0.05, 0) is 29.6 Å². The largest absolute Gasteiger partial charge is 0.573 e. The number of nitrogens with zero attached hydrogens (tertiary/aromatic N) is 1. The van der Waals surface area contributed by atoms with Crippen molar-refractivity contribution in [2.45, 2.75) is 12.9 Å². The summed E-state index contributed by atoms with van der Waals surface area (Å²) in [4.78, 5) is 13.1. The van der Waals surface area contributed by atoms with Gasteiger partial charge in [0.05, 0.1) is 22.7 Å². The number of benzene rings is 1. The van der Waals surface area contributed by atoms with Crippen LogP contribution in [-0.4, -0.2) is 22.5 Å². The molecule has 11 heteroatoms. The van der Waals surface area contributed by atoms with Crippen LogP contribution in [0.2, 0.25) is 0 Å². The van der Waals surface area contributed by atoms with Crippen LogP contribution in [0.3, 0.4) is 0 Å². The number of para-hydroxylation sites is 1. The van der Waals surface area contributed by atoms with Gasteiger partial charge >= 0.3 is 6.36 Å². The van der Waals surface area contributed by atoms with E-state index >= 15 is 0 Å². The molecule has 0 aliphatic carbocycles. The monoisotopic (exact) mass is 509 g/mol. The number of hydrogen-bond donors (Lipinski definition) is 2. The number of carbonyl (C=O) groups is 1. The Bertz CT molecular complexity index is 942. The fourth-order valence-corrected chi connectivity index (χ4v) is 3.55. The fourth-order valence-electron chi connectivity index (χ4n) is 2.25. The van der Waals surface area contributed by atoms with Gasteiger partial charge in [-0.15, -0.1) is 24.5 Å². The van der Waals surface area contributed by atoms with Crippen molar-refractivity contribution in [1.82, 2.24) is 15.5 Å². The summed E-state index contributed by atoms with van der Waals surface area (Å²) in [5.74, 6) is -0.588. The molecule has 0 spiro atoms. The Hall–Kier alpha value is -2.28. The van der Waals surface area contributed by atoms with E-state index in [1.807, 2.05) is 5.38 Å². The first-order chi connectivity index (χ1) is 12.9. The number of ether oxygens (including phenoxy) is 1. The van der Waals surface area contributed by atoms with Gasteiger partial charge in [0.15, 0.2) is 28.8 Å². The maximum absolute atomic E-state index is 12.5. The summed E-state index contributed by atoms with van der Waals surface area (Å²) in [7, 11) is 0. The molecule has 3 aromatic rings. The summed E-state index contributed by atoms with van der Waals surface area (Å²) in [6.07, 6.45) is -4.88. The Morgan fingerprint density at radius 1 is 1.26 bits per heavy atom.